The second kappa shape index (κ2) is 10.1. The van der Waals surface area contributed by atoms with Gasteiger partial charge < -0.3 is 19.5 Å². The molecule has 1 N–H and O–H groups in total. The lowest BCUT2D eigenvalue weighted by molar-refractivity contribution is -0.133. The van der Waals surface area contributed by atoms with Crippen molar-refractivity contribution < 1.29 is 19.4 Å². The highest BCUT2D eigenvalue weighted by molar-refractivity contribution is 5.90. The molecule has 0 unspecified atom stereocenters. The van der Waals surface area contributed by atoms with Crippen LogP contribution in [0, 0.1) is 0 Å². The van der Waals surface area contributed by atoms with Gasteiger partial charge in [-0.15, -0.1) is 0 Å². The molecule has 182 valence electrons. The standard InChI is InChI=1S/C29H32N2O4/c1-3-34-22-14-12-20(13-15-22)25(19-31-17-16-21(32)18-31)30(2)29(33)28-23-8-4-6-10-26(23)35-27-11-7-5-9-24(27)28/h4-15,21,25,28,32H,3,16-19H2,1-2H3/t21-,25+/m0/s1. The van der Waals surface area contributed by atoms with Gasteiger partial charge in [-0.1, -0.05) is 48.5 Å². The van der Waals surface area contributed by atoms with Gasteiger partial charge in [0, 0.05) is 37.8 Å². The summed E-state index contributed by atoms with van der Waals surface area (Å²) in [6.07, 6.45) is 0.445. The maximum Gasteiger partial charge on any atom is 0.235 e. The first-order valence-electron chi connectivity index (χ1n) is 12.3. The summed E-state index contributed by atoms with van der Waals surface area (Å²) < 4.78 is 11.7. The quantitative estimate of drug-likeness (QED) is 0.545. The molecule has 1 fully saturated rings. The van der Waals surface area contributed by atoms with E-state index in [0.29, 0.717) is 19.7 Å². The molecule has 5 rings (SSSR count). The molecule has 2 atom stereocenters. The van der Waals surface area contributed by atoms with Crippen molar-refractivity contribution in [2.24, 2.45) is 0 Å². The zero-order valence-corrected chi connectivity index (χ0v) is 20.3. The summed E-state index contributed by atoms with van der Waals surface area (Å²) in [6.45, 7) is 4.67. The second-order valence-electron chi connectivity index (χ2n) is 9.28. The van der Waals surface area contributed by atoms with Crippen LogP contribution in [0.3, 0.4) is 0 Å². The van der Waals surface area contributed by atoms with Crippen LogP contribution in [-0.2, 0) is 4.79 Å². The van der Waals surface area contributed by atoms with Crippen molar-refractivity contribution in [2.75, 3.05) is 33.3 Å². The number of likely N-dealkylation sites (tertiary alicyclic amines) is 1. The molecule has 0 radical (unpaired) electrons. The first-order chi connectivity index (χ1) is 17.0. The Labute approximate surface area is 206 Å². The van der Waals surface area contributed by atoms with E-state index in [1.165, 1.54) is 0 Å². The van der Waals surface area contributed by atoms with Gasteiger partial charge in [0.2, 0.25) is 5.91 Å². The normalized spacial score (nSPS) is 18.3. The number of rotatable bonds is 7. The van der Waals surface area contributed by atoms with Crippen molar-refractivity contribution >= 4 is 5.91 Å². The Hall–Kier alpha value is -3.35. The van der Waals surface area contributed by atoms with E-state index in [1.807, 2.05) is 91.7 Å². The molecule has 0 bridgehead atoms. The van der Waals surface area contributed by atoms with Gasteiger partial charge in [-0.25, -0.2) is 0 Å². The SMILES string of the molecule is CCOc1ccc([C@@H](CN2CC[C@H](O)C2)N(C)C(=O)C2c3ccccc3Oc3ccccc32)cc1. The number of hydrogen-bond acceptors (Lipinski definition) is 5. The molecule has 35 heavy (non-hydrogen) atoms. The molecular formula is C29H32N2O4. The van der Waals surface area contributed by atoms with E-state index in [9.17, 15) is 9.90 Å². The van der Waals surface area contributed by atoms with Crippen LogP contribution in [0.4, 0.5) is 0 Å². The molecule has 0 aliphatic carbocycles. The third-order valence-corrected chi connectivity index (χ3v) is 7.00. The molecule has 2 aliphatic rings. The third kappa shape index (κ3) is 4.77. The van der Waals surface area contributed by atoms with Crippen LogP contribution in [0.15, 0.2) is 72.8 Å². The Bertz CT molecular complexity index is 1130. The van der Waals surface area contributed by atoms with Gasteiger partial charge in [-0.2, -0.15) is 0 Å². The number of carbonyl (C=O) groups is 1. The lowest BCUT2D eigenvalue weighted by atomic mass is 9.86. The lowest BCUT2D eigenvalue weighted by Gasteiger charge is -2.36. The largest absolute Gasteiger partial charge is 0.494 e. The molecule has 0 spiro atoms. The predicted molar refractivity (Wildman–Crippen MR) is 135 cm³/mol. The van der Waals surface area contributed by atoms with Crippen LogP contribution in [0.2, 0.25) is 0 Å². The van der Waals surface area contributed by atoms with Gasteiger partial charge in [0.05, 0.1) is 24.7 Å². The highest BCUT2D eigenvalue weighted by Gasteiger charge is 2.37. The molecule has 3 aromatic carbocycles. The number of nitrogens with zero attached hydrogens (tertiary/aromatic N) is 2. The molecule has 2 heterocycles. The molecule has 1 saturated heterocycles. The minimum absolute atomic E-state index is 0.0202. The summed E-state index contributed by atoms with van der Waals surface area (Å²) in [4.78, 5) is 18.3. The number of aliphatic hydroxyl groups is 1. The van der Waals surface area contributed by atoms with Crippen LogP contribution >= 0.6 is 0 Å². The number of para-hydroxylation sites is 2. The van der Waals surface area contributed by atoms with Crippen LogP contribution < -0.4 is 9.47 Å². The lowest BCUT2D eigenvalue weighted by Crippen LogP contribution is -2.41. The maximum atomic E-state index is 14.2. The van der Waals surface area contributed by atoms with Gasteiger partial charge in [-0.05, 0) is 43.2 Å². The average Bonchev–Trinajstić information content (AvgIpc) is 3.30. The molecule has 0 aromatic heterocycles. The molecular weight excluding hydrogens is 440 g/mol. The fourth-order valence-corrected chi connectivity index (χ4v) is 5.16. The average molecular weight is 473 g/mol. The Morgan fingerprint density at radius 3 is 2.26 bits per heavy atom. The van der Waals surface area contributed by atoms with Gasteiger partial charge in [-0.3, -0.25) is 9.69 Å². The van der Waals surface area contributed by atoms with Crippen LogP contribution in [0.5, 0.6) is 17.2 Å². The van der Waals surface area contributed by atoms with Crippen LogP contribution in [0.1, 0.15) is 42.0 Å². The third-order valence-electron chi connectivity index (χ3n) is 7.00. The first-order valence-corrected chi connectivity index (χ1v) is 12.3. The molecule has 1 amide bonds. The smallest absolute Gasteiger partial charge is 0.235 e. The molecule has 2 aliphatic heterocycles. The summed E-state index contributed by atoms with van der Waals surface area (Å²) >= 11 is 0. The summed E-state index contributed by atoms with van der Waals surface area (Å²) in [6, 6.07) is 23.4. The highest BCUT2D eigenvalue weighted by Crippen LogP contribution is 2.45. The Morgan fingerprint density at radius 1 is 1.06 bits per heavy atom. The van der Waals surface area contributed by atoms with E-state index < -0.39 is 5.92 Å². The number of β-amino-alcohol motifs (C(OH)–C–C–N with tert-alkyl or cyclic N) is 1. The highest BCUT2D eigenvalue weighted by atomic mass is 16.5. The van der Waals surface area contributed by atoms with E-state index in [-0.39, 0.29) is 18.1 Å². The summed E-state index contributed by atoms with van der Waals surface area (Å²) in [5.74, 6) is 1.83. The number of aliphatic hydroxyl groups excluding tert-OH is 1. The van der Waals surface area contributed by atoms with E-state index in [0.717, 1.165) is 46.9 Å². The van der Waals surface area contributed by atoms with Crippen LogP contribution in [0.25, 0.3) is 0 Å². The number of ether oxygens (including phenoxy) is 2. The first kappa shape index (κ1) is 23.4. The summed E-state index contributed by atoms with van der Waals surface area (Å²) in [7, 11) is 1.89. The number of carbonyl (C=O) groups excluding carboxylic acids is 1. The van der Waals surface area contributed by atoms with Gasteiger partial charge in [0.1, 0.15) is 17.2 Å². The zero-order valence-electron chi connectivity index (χ0n) is 20.3. The Kier molecular flexibility index (Phi) is 6.75. The predicted octanol–water partition coefficient (Wildman–Crippen LogP) is 4.59. The van der Waals surface area contributed by atoms with E-state index >= 15 is 0 Å². The van der Waals surface area contributed by atoms with Crippen molar-refractivity contribution in [3.8, 4) is 17.2 Å². The molecule has 0 saturated carbocycles. The van der Waals surface area contributed by atoms with Crippen molar-refractivity contribution in [1.82, 2.24) is 9.80 Å². The Balaban J connectivity index is 1.49. The fraction of sp³-hybridized carbons (Fsp3) is 0.345. The van der Waals surface area contributed by atoms with Gasteiger partial charge in [0.25, 0.3) is 0 Å². The molecule has 6 heteroatoms. The Morgan fingerprint density at radius 2 is 1.69 bits per heavy atom. The van der Waals surface area contributed by atoms with Crippen molar-refractivity contribution in [2.45, 2.75) is 31.4 Å². The van der Waals surface area contributed by atoms with Crippen molar-refractivity contribution in [1.29, 1.82) is 0 Å². The number of hydrogen-bond donors (Lipinski definition) is 1. The minimum Gasteiger partial charge on any atom is -0.494 e. The number of fused-ring (bicyclic) bond motifs is 2. The van der Waals surface area contributed by atoms with Crippen molar-refractivity contribution in [3.63, 3.8) is 0 Å². The monoisotopic (exact) mass is 472 g/mol. The summed E-state index contributed by atoms with van der Waals surface area (Å²) in [5.41, 5.74) is 2.80. The van der Waals surface area contributed by atoms with E-state index in [2.05, 4.69) is 4.90 Å². The topological polar surface area (TPSA) is 62.2 Å². The number of benzene rings is 3. The molecule has 3 aromatic rings. The van der Waals surface area contributed by atoms with E-state index in [4.69, 9.17) is 9.47 Å². The summed E-state index contributed by atoms with van der Waals surface area (Å²) in [5, 5.41) is 10.1. The van der Waals surface area contributed by atoms with Gasteiger partial charge >= 0.3 is 0 Å². The zero-order chi connectivity index (χ0) is 24.4. The van der Waals surface area contributed by atoms with E-state index in [1.54, 1.807) is 0 Å². The van der Waals surface area contributed by atoms with Crippen molar-refractivity contribution in [3.05, 3.63) is 89.5 Å². The molecule has 6 nitrogen and oxygen atoms in total. The van der Waals surface area contributed by atoms with Crippen LogP contribution in [-0.4, -0.2) is 60.2 Å². The van der Waals surface area contributed by atoms with Gasteiger partial charge in [0.15, 0.2) is 0 Å². The maximum absolute atomic E-state index is 14.2. The number of amides is 1. The number of likely N-dealkylation sites (N-methyl/N-ethyl adjacent to an activating group) is 1. The second-order valence-corrected chi connectivity index (χ2v) is 9.28. The fourth-order valence-electron chi connectivity index (χ4n) is 5.16. The minimum atomic E-state index is -0.449.